The quantitative estimate of drug-likeness (QED) is 0.359. The SMILES string of the molecule is CCOc1cc(OCC)cc(-c2cc(COC(C)(C)C(=O)O)nn2Cc2ccccc2OCC)c1. The van der Waals surface area contributed by atoms with Crippen LogP contribution < -0.4 is 14.2 Å². The topological polar surface area (TPSA) is 92.0 Å². The molecule has 8 nitrogen and oxygen atoms in total. The highest BCUT2D eigenvalue weighted by atomic mass is 16.5. The molecule has 0 amide bonds. The summed E-state index contributed by atoms with van der Waals surface area (Å²) in [7, 11) is 0. The Balaban J connectivity index is 2.05. The molecular formula is C27H34N2O6. The van der Waals surface area contributed by atoms with E-state index in [9.17, 15) is 9.90 Å². The van der Waals surface area contributed by atoms with Crippen molar-refractivity contribution in [1.82, 2.24) is 9.78 Å². The van der Waals surface area contributed by atoms with Crippen molar-refractivity contribution < 1.29 is 28.8 Å². The molecule has 3 rings (SSSR count). The second-order valence-corrected chi connectivity index (χ2v) is 8.38. The highest BCUT2D eigenvalue weighted by molar-refractivity contribution is 5.76. The molecule has 0 spiro atoms. The molecule has 2 aromatic carbocycles. The van der Waals surface area contributed by atoms with Gasteiger partial charge in [-0.25, -0.2) is 4.79 Å². The summed E-state index contributed by atoms with van der Waals surface area (Å²) >= 11 is 0. The van der Waals surface area contributed by atoms with Gasteiger partial charge in [0, 0.05) is 17.2 Å². The molecule has 0 aliphatic heterocycles. The Morgan fingerprint density at radius 2 is 1.57 bits per heavy atom. The summed E-state index contributed by atoms with van der Waals surface area (Å²) < 4.78 is 24.9. The van der Waals surface area contributed by atoms with Crippen LogP contribution in [0.5, 0.6) is 17.2 Å². The van der Waals surface area contributed by atoms with Gasteiger partial charge < -0.3 is 24.1 Å². The Hall–Kier alpha value is -3.52. The van der Waals surface area contributed by atoms with E-state index in [2.05, 4.69) is 0 Å². The largest absolute Gasteiger partial charge is 0.494 e. The first kappa shape index (κ1) is 26.1. The third-order valence-corrected chi connectivity index (χ3v) is 5.32. The third kappa shape index (κ3) is 6.76. The second-order valence-electron chi connectivity index (χ2n) is 8.38. The standard InChI is InChI=1S/C27H34N2O6/c1-6-32-22-13-20(14-23(16-22)33-7-2)24-15-21(18-35-27(4,5)26(30)31)28-29(24)17-19-11-9-10-12-25(19)34-8-3/h9-16H,6-8,17-18H2,1-5H3,(H,30,31). The van der Waals surface area contributed by atoms with Gasteiger partial charge in [-0.05, 0) is 58.9 Å². The average Bonchev–Trinajstić information content (AvgIpc) is 3.22. The lowest BCUT2D eigenvalue weighted by Gasteiger charge is -2.19. The molecule has 35 heavy (non-hydrogen) atoms. The van der Waals surface area contributed by atoms with Gasteiger partial charge in [0.05, 0.1) is 44.4 Å². The van der Waals surface area contributed by atoms with Gasteiger partial charge in [-0.3, -0.25) is 4.68 Å². The first-order valence-corrected chi connectivity index (χ1v) is 11.8. The maximum atomic E-state index is 11.5. The normalized spacial score (nSPS) is 11.3. The number of para-hydroxylation sites is 1. The molecule has 8 heteroatoms. The number of carbonyl (C=O) groups is 1. The third-order valence-electron chi connectivity index (χ3n) is 5.32. The zero-order valence-corrected chi connectivity index (χ0v) is 21.0. The summed E-state index contributed by atoms with van der Waals surface area (Å²) in [5, 5.41) is 14.2. The first-order chi connectivity index (χ1) is 16.8. The number of nitrogens with zero attached hydrogens (tertiary/aromatic N) is 2. The molecule has 1 heterocycles. The minimum atomic E-state index is -1.33. The molecule has 0 aliphatic carbocycles. The van der Waals surface area contributed by atoms with E-state index >= 15 is 0 Å². The summed E-state index contributed by atoms with van der Waals surface area (Å²) in [4.78, 5) is 11.5. The monoisotopic (exact) mass is 482 g/mol. The Morgan fingerprint density at radius 1 is 0.943 bits per heavy atom. The summed E-state index contributed by atoms with van der Waals surface area (Å²) in [5.41, 5.74) is 1.95. The number of carboxylic acid groups (broad SMARTS) is 1. The molecule has 0 bridgehead atoms. The van der Waals surface area contributed by atoms with Crippen molar-refractivity contribution in [3.8, 4) is 28.5 Å². The Morgan fingerprint density at radius 3 is 2.17 bits per heavy atom. The number of rotatable bonds is 13. The van der Waals surface area contributed by atoms with E-state index in [0.717, 1.165) is 22.6 Å². The van der Waals surface area contributed by atoms with Gasteiger partial charge >= 0.3 is 5.97 Å². The van der Waals surface area contributed by atoms with Gasteiger partial charge in [0.15, 0.2) is 5.60 Å². The molecule has 3 aromatic rings. The minimum absolute atomic E-state index is 0.0515. The van der Waals surface area contributed by atoms with Gasteiger partial charge in [-0.15, -0.1) is 0 Å². The second kappa shape index (κ2) is 11.8. The van der Waals surface area contributed by atoms with Crippen molar-refractivity contribution in [3.05, 3.63) is 59.8 Å². The van der Waals surface area contributed by atoms with Gasteiger partial charge in [0.25, 0.3) is 0 Å². The van der Waals surface area contributed by atoms with E-state index in [1.54, 1.807) is 0 Å². The maximum Gasteiger partial charge on any atom is 0.335 e. The van der Waals surface area contributed by atoms with E-state index in [4.69, 9.17) is 24.0 Å². The molecular weight excluding hydrogens is 448 g/mol. The van der Waals surface area contributed by atoms with E-state index in [-0.39, 0.29) is 6.61 Å². The van der Waals surface area contributed by atoms with Crippen LogP contribution in [0.1, 0.15) is 45.9 Å². The smallest absolute Gasteiger partial charge is 0.335 e. The lowest BCUT2D eigenvalue weighted by molar-refractivity contribution is -0.162. The molecule has 0 radical (unpaired) electrons. The van der Waals surface area contributed by atoms with Crippen LogP contribution in [0.4, 0.5) is 0 Å². The fourth-order valence-electron chi connectivity index (χ4n) is 3.52. The van der Waals surface area contributed by atoms with E-state index < -0.39 is 11.6 Å². The Labute approximate surface area is 206 Å². The predicted octanol–water partition coefficient (Wildman–Crippen LogP) is 5.17. The van der Waals surface area contributed by atoms with Gasteiger partial charge in [0.2, 0.25) is 0 Å². The predicted molar refractivity (Wildman–Crippen MR) is 133 cm³/mol. The number of aliphatic carboxylic acids is 1. The number of hydrogen-bond donors (Lipinski definition) is 1. The molecule has 0 aliphatic rings. The zero-order chi connectivity index (χ0) is 25.4. The summed E-state index contributed by atoms with van der Waals surface area (Å²) in [6.45, 7) is 11.0. The number of ether oxygens (including phenoxy) is 4. The molecule has 0 saturated heterocycles. The van der Waals surface area contributed by atoms with Crippen LogP contribution in [0, 0.1) is 0 Å². The molecule has 0 fully saturated rings. The highest BCUT2D eigenvalue weighted by Gasteiger charge is 2.28. The number of benzene rings is 2. The fourth-order valence-corrected chi connectivity index (χ4v) is 3.52. The van der Waals surface area contributed by atoms with Crippen LogP contribution in [0.3, 0.4) is 0 Å². The highest BCUT2D eigenvalue weighted by Crippen LogP contribution is 2.32. The van der Waals surface area contributed by atoms with Crippen molar-refractivity contribution in [2.24, 2.45) is 0 Å². The van der Waals surface area contributed by atoms with Gasteiger partial charge in [0.1, 0.15) is 17.2 Å². The van der Waals surface area contributed by atoms with Crippen LogP contribution in [0.25, 0.3) is 11.3 Å². The van der Waals surface area contributed by atoms with E-state index in [1.165, 1.54) is 13.8 Å². The van der Waals surface area contributed by atoms with Crippen LogP contribution in [0.2, 0.25) is 0 Å². The van der Waals surface area contributed by atoms with Crippen LogP contribution >= 0.6 is 0 Å². The van der Waals surface area contributed by atoms with E-state index in [1.807, 2.05) is 74.0 Å². The Bertz CT molecular complexity index is 1110. The zero-order valence-electron chi connectivity index (χ0n) is 21.0. The summed E-state index contributed by atoms with van der Waals surface area (Å²) in [6.07, 6.45) is 0. The molecule has 0 atom stereocenters. The van der Waals surface area contributed by atoms with Crippen molar-refractivity contribution in [2.45, 2.75) is 53.4 Å². The lowest BCUT2D eigenvalue weighted by Crippen LogP contribution is -2.34. The van der Waals surface area contributed by atoms with Crippen molar-refractivity contribution >= 4 is 5.97 Å². The molecule has 0 unspecified atom stereocenters. The van der Waals surface area contributed by atoms with Crippen molar-refractivity contribution in [2.75, 3.05) is 19.8 Å². The molecule has 188 valence electrons. The fraction of sp³-hybridized carbons (Fsp3) is 0.407. The van der Waals surface area contributed by atoms with E-state index in [0.29, 0.717) is 43.6 Å². The van der Waals surface area contributed by atoms with Gasteiger partial charge in [-0.1, -0.05) is 18.2 Å². The van der Waals surface area contributed by atoms with Crippen LogP contribution in [-0.2, 0) is 22.7 Å². The number of hydrogen-bond acceptors (Lipinski definition) is 6. The van der Waals surface area contributed by atoms with Crippen molar-refractivity contribution in [1.29, 1.82) is 0 Å². The Kier molecular flexibility index (Phi) is 8.76. The molecule has 1 aromatic heterocycles. The minimum Gasteiger partial charge on any atom is -0.494 e. The lowest BCUT2D eigenvalue weighted by atomic mass is 10.1. The summed E-state index contributed by atoms with van der Waals surface area (Å²) in [5.74, 6) is 1.15. The van der Waals surface area contributed by atoms with Gasteiger partial charge in [-0.2, -0.15) is 5.10 Å². The average molecular weight is 483 g/mol. The molecule has 0 saturated carbocycles. The van der Waals surface area contributed by atoms with Crippen molar-refractivity contribution in [3.63, 3.8) is 0 Å². The number of aromatic nitrogens is 2. The van der Waals surface area contributed by atoms with Crippen LogP contribution in [0.15, 0.2) is 48.5 Å². The number of carboxylic acids is 1. The molecule has 1 N–H and O–H groups in total. The van der Waals surface area contributed by atoms with Crippen LogP contribution in [-0.4, -0.2) is 46.3 Å². The first-order valence-electron chi connectivity index (χ1n) is 11.8. The maximum absolute atomic E-state index is 11.5. The summed E-state index contributed by atoms with van der Waals surface area (Å²) in [6, 6.07) is 15.5.